The zero-order valence-electron chi connectivity index (χ0n) is 15.2. The second kappa shape index (κ2) is 7.30. The fourth-order valence-corrected chi connectivity index (χ4v) is 4.57. The zero-order chi connectivity index (χ0) is 18.9. The standard InChI is InChI=1S/C18H23N3O4S/c1-13-18(15(3)25-19-13)12-20-7-9-21(10-8-20)26(23,24)17-6-4-5-16(11-17)14(2)22/h4-6,11H,7-10,12H2,1-3H3. The summed E-state index contributed by atoms with van der Waals surface area (Å²) >= 11 is 0. The molecule has 1 aromatic heterocycles. The van der Waals surface area contributed by atoms with E-state index in [1.807, 2.05) is 13.8 Å². The topological polar surface area (TPSA) is 83.7 Å². The van der Waals surface area contributed by atoms with Crippen molar-refractivity contribution in [3.05, 3.63) is 46.8 Å². The first kappa shape index (κ1) is 18.8. The molecule has 2 aromatic rings. The highest BCUT2D eigenvalue weighted by molar-refractivity contribution is 7.89. The predicted molar refractivity (Wildman–Crippen MR) is 96.5 cm³/mol. The van der Waals surface area contributed by atoms with Gasteiger partial charge >= 0.3 is 0 Å². The minimum atomic E-state index is -3.60. The van der Waals surface area contributed by atoms with Gasteiger partial charge in [0.25, 0.3) is 0 Å². The first-order chi connectivity index (χ1) is 12.3. The van der Waals surface area contributed by atoms with Gasteiger partial charge in [0.2, 0.25) is 10.0 Å². The molecule has 0 N–H and O–H groups in total. The Bertz CT molecular complexity index is 893. The normalized spacial score (nSPS) is 16.7. The van der Waals surface area contributed by atoms with Crippen LogP contribution in [0.25, 0.3) is 0 Å². The summed E-state index contributed by atoms with van der Waals surface area (Å²) < 4.78 is 32.4. The summed E-state index contributed by atoms with van der Waals surface area (Å²) in [4.78, 5) is 13.9. The fraction of sp³-hybridized carbons (Fsp3) is 0.444. The molecule has 140 valence electrons. The maximum Gasteiger partial charge on any atom is 0.243 e. The van der Waals surface area contributed by atoms with Gasteiger partial charge in [-0.2, -0.15) is 4.31 Å². The number of hydrogen-bond acceptors (Lipinski definition) is 6. The van der Waals surface area contributed by atoms with Gasteiger partial charge in [-0.05, 0) is 32.9 Å². The van der Waals surface area contributed by atoms with Gasteiger partial charge in [-0.1, -0.05) is 17.3 Å². The summed E-state index contributed by atoms with van der Waals surface area (Å²) in [5.41, 5.74) is 2.34. The second-order valence-corrected chi connectivity index (χ2v) is 8.50. The summed E-state index contributed by atoms with van der Waals surface area (Å²) in [7, 11) is -3.60. The smallest absolute Gasteiger partial charge is 0.243 e. The van der Waals surface area contributed by atoms with Gasteiger partial charge in [-0.25, -0.2) is 8.42 Å². The summed E-state index contributed by atoms with van der Waals surface area (Å²) in [6.07, 6.45) is 0. The van der Waals surface area contributed by atoms with Crippen LogP contribution in [-0.2, 0) is 16.6 Å². The van der Waals surface area contributed by atoms with E-state index < -0.39 is 10.0 Å². The van der Waals surface area contributed by atoms with Gasteiger partial charge in [-0.3, -0.25) is 9.69 Å². The number of aromatic nitrogens is 1. The number of Topliss-reactive ketones (excluding diaryl/α,β-unsaturated/α-hetero) is 1. The van der Waals surface area contributed by atoms with Gasteiger partial charge in [0.15, 0.2) is 5.78 Å². The van der Waals surface area contributed by atoms with Crippen LogP contribution in [0.4, 0.5) is 0 Å². The molecule has 3 rings (SSSR count). The molecule has 7 nitrogen and oxygen atoms in total. The third kappa shape index (κ3) is 3.72. The molecule has 8 heteroatoms. The molecule has 1 aliphatic heterocycles. The molecule has 1 aliphatic rings. The van der Waals surface area contributed by atoms with Gasteiger partial charge in [0.05, 0.1) is 10.6 Å². The lowest BCUT2D eigenvalue weighted by atomic mass is 10.2. The Morgan fingerprint density at radius 1 is 1.19 bits per heavy atom. The highest BCUT2D eigenvalue weighted by Crippen LogP contribution is 2.21. The average Bonchev–Trinajstić information content (AvgIpc) is 2.94. The number of carbonyl (C=O) groups is 1. The van der Waals surface area contributed by atoms with Crippen LogP contribution in [0.1, 0.15) is 34.3 Å². The van der Waals surface area contributed by atoms with Crippen LogP contribution in [-0.4, -0.2) is 54.7 Å². The number of hydrogen-bond donors (Lipinski definition) is 0. The van der Waals surface area contributed by atoms with Crippen molar-refractivity contribution in [2.24, 2.45) is 0 Å². The van der Waals surface area contributed by atoms with Gasteiger partial charge in [0.1, 0.15) is 5.76 Å². The molecule has 26 heavy (non-hydrogen) atoms. The lowest BCUT2D eigenvalue weighted by Gasteiger charge is -2.33. The quantitative estimate of drug-likeness (QED) is 0.741. The van der Waals surface area contributed by atoms with E-state index in [4.69, 9.17) is 4.52 Å². The van der Waals surface area contributed by atoms with Crippen LogP contribution in [0.15, 0.2) is 33.7 Å². The number of sulfonamides is 1. The molecular formula is C18H23N3O4S. The highest BCUT2D eigenvalue weighted by Gasteiger charge is 2.29. The molecule has 0 saturated carbocycles. The Hall–Kier alpha value is -2.03. The second-order valence-electron chi connectivity index (χ2n) is 6.57. The van der Waals surface area contributed by atoms with Crippen LogP contribution < -0.4 is 0 Å². The van der Waals surface area contributed by atoms with Crippen molar-refractivity contribution < 1.29 is 17.7 Å². The number of benzene rings is 1. The Balaban J connectivity index is 1.69. The van der Waals surface area contributed by atoms with E-state index >= 15 is 0 Å². The number of rotatable bonds is 5. The van der Waals surface area contributed by atoms with Crippen molar-refractivity contribution >= 4 is 15.8 Å². The molecule has 1 fully saturated rings. The van der Waals surface area contributed by atoms with Crippen molar-refractivity contribution in [2.45, 2.75) is 32.2 Å². The Morgan fingerprint density at radius 3 is 2.46 bits per heavy atom. The number of aryl methyl sites for hydroxylation is 2. The minimum absolute atomic E-state index is 0.147. The van der Waals surface area contributed by atoms with Crippen molar-refractivity contribution in [1.82, 2.24) is 14.4 Å². The summed E-state index contributed by atoms with van der Waals surface area (Å²) in [5, 5.41) is 3.96. The fourth-order valence-electron chi connectivity index (χ4n) is 3.10. The van der Waals surface area contributed by atoms with Crippen LogP contribution in [0, 0.1) is 13.8 Å². The van der Waals surface area contributed by atoms with E-state index in [1.165, 1.54) is 23.4 Å². The molecule has 0 amide bonds. The van der Waals surface area contributed by atoms with Gasteiger partial charge in [-0.15, -0.1) is 0 Å². The molecule has 1 aromatic carbocycles. The largest absolute Gasteiger partial charge is 0.361 e. The zero-order valence-corrected chi connectivity index (χ0v) is 16.0. The van der Waals surface area contributed by atoms with Gasteiger partial charge < -0.3 is 4.52 Å². The molecule has 1 saturated heterocycles. The van der Waals surface area contributed by atoms with Crippen molar-refractivity contribution in [1.29, 1.82) is 0 Å². The molecule has 0 radical (unpaired) electrons. The molecule has 0 aliphatic carbocycles. The monoisotopic (exact) mass is 377 g/mol. The predicted octanol–water partition coefficient (Wildman–Crippen LogP) is 2.00. The molecular weight excluding hydrogens is 354 g/mol. The molecule has 0 atom stereocenters. The summed E-state index contributed by atoms with van der Waals surface area (Å²) in [6, 6.07) is 6.23. The Labute approximate surface area is 153 Å². The van der Waals surface area contributed by atoms with Crippen LogP contribution in [0.5, 0.6) is 0 Å². The average molecular weight is 377 g/mol. The van der Waals surface area contributed by atoms with Crippen LogP contribution in [0.2, 0.25) is 0 Å². The van der Waals surface area contributed by atoms with Crippen LogP contribution >= 0.6 is 0 Å². The van der Waals surface area contributed by atoms with Crippen molar-refractivity contribution in [2.75, 3.05) is 26.2 Å². The Morgan fingerprint density at radius 2 is 1.88 bits per heavy atom. The lowest BCUT2D eigenvalue weighted by molar-refractivity contribution is 0.101. The van der Waals surface area contributed by atoms with Gasteiger partial charge in [0, 0.05) is 43.9 Å². The maximum atomic E-state index is 12.9. The van der Waals surface area contributed by atoms with E-state index in [0.29, 0.717) is 38.3 Å². The number of carbonyl (C=O) groups excluding carboxylic acids is 1. The van der Waals surface area contributed by atoms with E-state index in [9.17, 15) is 13.2 Å². The highest BCUT2D eigenvalue weighted by atomic mass is 32.2. The summed E-state index contributed by atoms with van der Waals surface area (Å²) in [6.45, 7) is 8.03. The Kier molecular flexibility index (Phi) is 5.27. The third-order valence-electron chi connectivity index (χ3n) is 4.77. The maximum absolute atomic E-state index is 12.9. The number of nitrogens with zero attached hydrogens (tertiary/aromatic N) is 3. The molecule has 0 unspecified atom stereocenters. The lowest BCUT2D eigenvalue weighted by Crippen LogP contribution is -2.48. The SMILES string of the molecule is CC(=O)c1cccc(S(=O)(=O)N2CCN(Cc3c(C)noc3C)CC2)c1. The van der Waals surface area contributed by atoms with E-state index in [0.717, 1.165) is 17.0 Å². The molecule has 0 bridgehead atoms. The van der Waals surface area contributed by atoms with E-state index in [-0.39, 0.29) is 10.7 Å². The van der Waals surface area contributed by atoms with E-state index in [1.54, 1.807) is 12.1 Å². The van der Waals surface area contributed by atoms with Crippen molar-refractivity contribution in [3.8, 4) is 0 Å². The van der Waals surface area contributed by atoms with Crippen molar-refractivity contribution in [3.63, 3.8) is 0 Å². The first-order valence-corrected chi connectivity index (χ1v) is 9.98. The number of piperazine rings is 1. The first-order valence-electron chi connectivity index (χ1n) is 8.54. The van der Waals surface area contributed by atoms with E-state index in [2.05, 4.69) is 10.1 Å². The molecule has 2 heterocycles. The molecule has 0 spiro atoms. The van der Waals surface area contributed by atoms with Crippen LogP contribution in [0.3, 0.4) is 0 Å². The third-order valence-corrected chi connectivity index (χ3v) is 6.67. The number of ketones is 1. The summed E-state index contributed by atoms with van der Waals surface area (Å²) in [5.74, 6) is 0.657. The minimum Gasteiger partial charge on any atom is -0.361 e.